The quantitative estimate of drug-likeness (QED) is 0.875. The summed E-state index contributed by atoms with van der Waals surface area (Å²) in [5, 5.41) is 8.12. The van der Waals surface area contributed by atoms with Crippen molar-refractivity contribution in [3.63, 3.8) is 0 Å². The van der Waals surface area contributed by atoms with Crippen LogP contribution in [-0.2, 0) is 22.7 Å². The third kappa shape index (κ3) is 3.88. The Balaban J connectivity index is 1.76. The number of carbonyl (C=O) groups excluding carboxylic acids is 1. The van der Waals surface area contributed by atoms with Crippen molar-refractivity contribution in [1.29, 1.82) is 5.41 Å². The third-order valence-electron chi connectivity index (χ3n) is 3.80. The Morgan fingerprint density at radius 2 is 1.88 bits per heavy atom. The molecular weight excluding hydrogens is 346 g/mol. The second-order valence-electron chi connectivity index (χ2n) is 5.68. The molecule has 130 valence electrons. The van der Waals surface area contributed by atoms with Crippen LogP contribution >= 0.6 is 11.8 Å². The number of halogens is 2. The Labute approximate surface area is 148 Å². The van der Waals surface area contributed by atoms with Crippen molar-refractivity contribution in [2.45, 2.75) is 20.1 Å². The topological polar surface area (TPSA) is 53.4 Å². The van der Waals surface area contributed by atoms with Crippen LogP contribution in [0, 0.1) is 24.0 Å². The van der Waals surface area contributed by atoms with E-state index in [9.17, 15) is 13.6 Å². The van der Waals surface area contributed by atoms with Gasteiger partial charge in [0.2, 0.25) is 5.91 Å². The van der Waals surface area contributed by atoms with Gasteiger partial charge in [0.25, 0.3) is 0 Å². The van der Waals surface area contributed by atoms with Crippen LogP contribution in [0.5, 0.6) is 0 Å². The molecule has 1 heterocycles. The van der Waals surface area contributed by atoms with Gasteiger partial charge in [-0.25, -0.2) is 8.78 Å². The summed E-state index contributed by atoms with van der Waals surface area (Å²) in [5.41, 5.74) is 2.56. The fourth-order valence-electron chi connectivity index (χ4n) is 2.53. The molecule has 0 aliphatic carbocycles. The number of thioether (sulfide) groups is 1. The summed E-state index contributed by atoms with van der Waals surface area (Å²) >= 11 is 1.18. The van der Waals surface area contributed by atoms with E-state index >= 15 is 0 Å². The van der Waals surface area contributed by atoms with E-state index in [1.165, 1.54) is 28.8 Å². The zero-order chi connectivity index (χ0) is 18.0. The molecule has 0 spiro atoms. The number of nitrogens with one attached hydrogen (secondary N) is 1. The Morgan fingerprint density at radius 1 is 1.16 bits per heavy atom. The first-order chi connectivity index (χ1) is 12.0. The summed E-state index contributed by atoms with van der Waals surface area (Å²) in [6.45, 7) is 2.03. The molecule has 0 atom stereocenters. The number of benzene rings is 2. The zero-order valence-electron chi connectivity index (χ0n) is 13.5. The van der Waals surface area contributed by atoms with Gasteiger partial charge in [-0.15, -0.1) is 0 Å². The fraction of sp³-hybridized carbons (Fsp3) is 0.222. The van der Waals surface area contributed by atoms with Gasteiger partial charge in [0.05, 0.1) is 24.7 Å². The van der Waals surface area contributed by atoms with Crippen LogP contribution in [0.4, 0.5) is 14.5 Å². The highest BCUT2D eigenvalue weighted by Gasteiger charge is 2.30. The Morgan fingerprint density at radius 3 is 2.56 bits per heavy atom. The number of rotatable bonds is 5. The smallest absolute Gasteiger partial charge is 0.243 e. The molecule has 0 saturated carbocycles. The number of carbonyl (C=O) groups is 1. The highest BCUT2D eigenvalue weighted by molar-refractivity contribution is 8.15. The molecule has 0 bridgehead atoms. The van der Waals surface area contributed by atoms with Crippen molar-refractivity contribution >= 4 is 28.5 Å². The van der Waals surface area contributed by atoms with E-state index in [4.69, 9.17) is 10.1 Å². The van der Waals surface area contributed by atoms with Gasteiger partial charge in [-0.2, -0.15) is 0 Å². The molecule has 3 rings (SSSR count). The van der Waals surface area contributed by atoms with E-state index in [1.54, 1.807) is 0 Å². The Hall–Kier alpha value is -2.25. The van der Waals surface area contributed by atoms with Crippen molar-refractivity contribution in [2.75, 3.05) is 10.7 Å². The van der Waals surface area contributed by atoms with Crippen LogP contribution in [-0.4, -0.2) is 16.8 Å². The van der Waals surface area contributed by atoms with E-state index in [0.29, 0.717) is 5.69 Å². The number of aryl methyl sites for hydroxylation is 1. The molecule has 0 unspecified atom stereocenters. The number of hydrogen-bond acceptors (Lipinski definition) is 4. The number of amidine groups is 1. The van der Waals surface area contributed by atoms with Gasteiger partial charge in [0.1, 0.15) is 11.6 Å². The molecule has 7 heteroatoms. The van der Waals surface area contributed by atoms with Crippen LogP contribution in [0.2, 0.25) is 0 Å². The highest BCUT2D eigenvalue weighted by atomic mass is 32.2. The average Bonchev–Trinajstić information content (AvgIpc) is 2.89. The SMILES string of the molecule is Cc1ccc(COCc2ccc(F)cc2F)c(N2C(=N)SCC2=O)c1. The van der Waals surface area contributed by atoms with E-state index in [0.717, 1.165) is 17.2 Å². The first kappa shape index (κ1) is 17.6. The largest absolute Gasteiger partial charge is 0.372 e. The molecule has 2 aromatic carbocycles. The van der Waals surface area contributed by atoms with Crippen LogP contribution in [0.15, 0.2) is 36.4 Å². The maximum atomic E-state index is 13.7. The van der Waals surface area contributed by atoms with Crippen LogP contribution in [0.25, 0.3) is 0 Å². The molecule has 4 nitrogen and oxygen atoms in total. The van der Waals surface area contributed by atoms with Crippen LogP contribution in [0.3, 0.4) is 0 Å². The molecular formula is C18H16F2N2O2S. The first-order valence-corrected chi connectivity index (χ1v) is 8.60. The van der Waals surface area contributed by atoms with E-state index in [2.05, 4.69) is 0 Å². The second kappa shape index (κ2) is 7.33. The highest BCUT2D eigenvalue weighted by Crippen LogP contribution is 2.30. The standard InChI is InChI=1S/C18H16F2N2O2S/c1-11-2-3-13(16(6-11)22-17(23)10-25-18(22)21)9-24-8-12-4-5-14(19)7-15(12)20/h2-7,21H,8-10H2,1H3. The molecule has 1 amide bonds. The molecule has 1 saturated heterocycles. The molecule has 1 fully saturated rings. The van der Waals surface area contributed by atoms with Crippen LogP contribution in [0.1, 0.15) is 16.7 Å². The van der Waals surface area contributed by atoms with Gasteiger partial charge in [-0.3, -0.25) is 15.1 Å². The minimum atomic E-state index is -0.656. The predicted molar refractivity (Wildman–Crippen MR) is 93.7 cm³/mol. The lowest BCUT2D eigenvalue weighted by atomic mass is 10.1. The summed E-state index contributed by atoms with van der Waals surface area (Å²) < 4.78 is 32.1. The average molecular weight is 362 g/mol. The Kier molecular flexibility index (Phi) is 5.15. The lowest BCUT2D eigenvalue weighted by Crippen LogP contribution is -2.29. The number of anilines is 1. The normalized spacial score (nSPS) is 14.4. The third-order valence-corrected chi connectivity index (χ3v) is 4.64. The van der Waals surface area contributed by atoms with E-state index < -0.39 is 11.6 Å². The van der Waals surface area contributed by atoms with E-state index in [-0.39, 0.29) is 35.6 Å². The van der Waals surface area contributed by atoms with Gasteiger partial charge in [0, 0.05) is 17.2 Å². The molecule has 2 aromatic rings. The number of amides is 1. The molecule has 25 heavy (non-hydrogen) atoms. The predicted octanol–water partition coefficient (Wildman–Crippen LogP) is 4.00. The summed E-state index contributed by atoms with van der Waals surface area (Å²) in [6.07, 6.45) is 0. The minimum absolute atomic E-state index is 0.0143. The summed E-state index contributed by atoms with van der Waals surface area (Å²) in [7, 11) is 0. The lowest BCUT2D eigenvalue weighted by molar-refractivity contribution is -0.115. The molecule has 0 radical (unpaired) electrons. The second-order valence-corrected chi connectivity index (χ2v) is 6.65. The van der Waals surface area contributed by atoms with Gasteiger partial charge in [-0.1, -0.05) is 30.0 Å². The molecule has 1 N–H and O–H groups in total. The number of ether oxygens (including phenoxy) is 1. The molecule has 1 aliphatic rings. The summed E-state index contributed by atoms with van der Waals surface area (Å²) in [4.78, 5) is 13.4. The lowest BCUT2D eigenvalue weighted by Gasteiger charge is -2.20. The van der Waals surface area contributed by atoms with Gasteiger partial charge in [-0.05, 0) is 24.6 Å². The van der Waals surface area contributed by atoms with Gasteiger partial charge in [0.15, 0.2) is 5.17 Å². The van der Waals surface area contributed by atoms with Crippen molar-refractivity contribution in [3.8, 4) is 0 Å². The van der Waals surface area contributed by atoms with Crippen molar-refractivity contribution in [3.05, 3.63) is 64.7 Å². The van der Waals surface area contributed by atoms with Gasteiger partial charge < -0.3 is 4.74 Å². The molecule has 1 aliphatic heterocycles. The minimum Gasteiger partial charge on any atom is -0.372 e. The monoisotopic (exact) mass is 362 g/mol. The molecule has 0 aromatic heterocycles. The van der Waals surface area contributed by atoms with E-state index in [1.807, 2.05) is 25.1 Å². The Bertz CT molecular complexity index is 826. The number of nitrogens with zero attached hydrogens (tertiary/aromatic N) is 1. The van der Waals surface area contributed by atoms with Gasteiger partial charge >= 0.3 is 0 Å². The zero-order valence-corrected chi connectivity index (χ0v) is 14.3. The summed E-state index contributed by atoms with van der Waals surface area (Å²) in [6, 6.07) is 8.89. The fourth-order valence-corrected chi connectivity index (χ4v) is 3.25. The maximum Gasteiger partial charge on any atom is 0.243 e. The first-order valence-electron chi connectivity index (χ1n) is 7.61. The van der Waals surface area contributed by atoms with Crippen molar-refractivity contribution in [2.24, 2.45) is 0 Å². The summed E-state index contributed by atoms with van der Waals surface area (Å²) in [5.74, 6) is -1.19. The van der Waals surface area contributed by atoms with Crippen molar-refractivity contribution < 1.29 is 18.3 Å². The number of hydrogen-bond donors (Lipinski definition) is 1. The van der Waals surface area contributed by atoms with Crippen molar-refractivity contribution in [1.82, 2.24) is 0 Å². The van der Waals surface area contributed by atoms with Crippen LogP contribution < -0.4 is 4.90 Å². The maximum absolute atomic E-state index is 13.7.